The summed E-state index contributed by atoms with van der Waals surface area (Å²) in [6.45, 7) is 1.85. The van der Waals surface area contributed by atoms with E-state index >= 15 is 0 Å². The molecule has 8 heteroatoms. The van der Waals surface area contributed by atoms with Gasteiger partial charge < -0.3 is 10.6 Å². The molecule has 1 aromatic carbocycles. The fraction of sp³-hybridized carbons (Fsp3) is 0.533. The van der Waals surface area contributed by atoms with Gasteiger partial charge in [0.05, 0.1) is 4.90 Å². The summed E-state index contributed by atoms with van der Waals surface area (Å²) in [5, 5.41) is 5.78. The van der Waals surface area contributed by atoms with Crippen LogP contribution in [-0.4, -0.2) is 41.0 Å². The molecule has 3 N–H and O–H groups in total. The number of carbonyl (C=O) groups excluding carboxylic acids is 1. The number of carbonyl (C=O) groups is 1. The molecule has 0 saturated heterocycles. The van der Waals surface area contributed by atoms with Crippen LogP contribution in [0.25, 0.3) is 0 Å². The Morgan fingerprint density at radius 1 is 1.26 bits per heavy atom. The average Bonchev–Trinajstić information content (AvgIpc) is 3.34. The predicted octanol–water partition coefficient (Wildman–Crippen LogP) is 1.14. The van der Waals surface area contributed by atoms with Crippen LogP contribution in [0.2, 0.25) is 0 Å². The van der Waals surface area contributed by atoms with E-state index in [1.54, 1.807) is 12.1 Å². The van der Waals surface area contributed by atoms with Gasteiger partial charge >= 0.3 is 0 Å². The summed E-state index contributed by atoms with van der Waals surface area (Å²) in [5.74, 6) is 0.212. The first-order chi connectivity index (χ1) is 10.5. The molecule has 23 heavy (non-hydrogen) atoms. The van der Waals surface area contributed by atoms with E-state index in [2.05, 4.69) is 15.4 Å². The van der Waals surface area contributed by atoms with E-state index in [0.717, 1.165) is 25.8 Å². The van der Waals surface area contributed by atoms with Crippen molar-refractivity contribution in [2.45, 2.75) is 24.2 Å². The maximum atomic E-state index is 12.2. The lowest BCUT2D eigenvalue weighted by Gasteiger charge is -2.09. The molecule has 1 aliphatic rings. The summed E-state index contributed by atoms with van der Waals surface area (Å²) in [7, 11) is -1.69. The first-order valence-electron chi connectivity index (χ1n) is 7.55. The van der Waals surface area contributed by atoms with Crippen LogP contribution in [0.1, 0.15) is 29.6 Å². The minimum absolute atomic E-state index is 0. The van der Waals surface area contributed by atoms with E-state index < -0.39 is 10.0 Å². The van der Waals surface area contributed by atoms with Gasteiger partial charge in [-0.05, 0) is 57.0 Å². The van der Waals surface area contributed by atoms with Gasteiger partial charge in [-0.25, -0.2) is 13.1 Å². The summed E-state index contributed by atoms with van der Waals surface area (Å²) in [4.78, 5) is 12.2. The summed E-state index contributed by atoms with van der Waals surface area (Å²) in [6.07, 6.45) is 2.98. The fourth-order valence-corrected chi connectivity index (χ4v) is 3.17. The van der Waals surface area contributed by atoms with Gasteiger partial charge in [0, 0.05) is 18.7 Å². The van der Waals surface area contributed by atoms with Crippen LogP contribution < -0.4 is 15.4 Å². The fourth-order valence-electron chi connectivity index (χ4n) is 2.01. The Labute approximate surface area is 143 Å². The molecule has 0 heterocycles. The lowest BCUT2D eigenvalue weighted by molar-refractivity contribution is 0.0953. The number of hydrogen-bond acceptors (Lipinski definition) is 4. The highest BCUT2D eigenvalue weighted by atomic mass is 35.5. The number of benzene rings is 1. The van der Waals surface area contributed by atoms with Crippen LogP contribution in [0.4, 0.5) is 0 Å². The zero-order valence-electron chi connectivity index (χ0n) is 13.2. The van der Waals surface area contributed by atoms with Gasteiger partial charge in [-0.2, -0.15) is 0 Å². The zero-order chi connectivity index (χ0) is 16.0. The van der Waals surface area contributed by atoms with Crippen LogP contribution in [0.15, 0.2) is 29.2 Å². The first kappa shape index (κ1) is 19.9. The highest BCUT2D eigenvalue weighted by molar-refractivity contribution is 7.89. The van der Waals surface area contributed by atoms with E-state index in [9.17, 15) is 13.2 Å². The molecule has 6 nitrogen and oxygen atoms in total. The van der Waals surface area contributed by atoms with Crippen LogP contribution in [0.3, 0.4) is 0 Å². The molecular weight excluding hydrogens is 338 g/mol. The molecule has 0 bridgehead atoms. The maximum absolute atomic E-state index is 12.2. The monoisotopic (exact) mass is 361 g/mol. The van der Waals surface area contributed by atoms with Crippen LogP contribution in [0.5, 0.6) is 0 Å². The minimum Gasteiger partial charge on any atom is -0.352 e. The summed E-state index contributed by atoms with van der Waals surface area (Å²) < 4.78 is 27.0. The van der Waals surface area contributed by atoms with Crippen LogP contribution in [-0.2, 0) is 10.0 Å². The summed E-state index contributed by atoms with van der Waals surface area (Å²) >= 11 is 0. The Morgan fingerprint density at radius 2 is 2.00 bits per heavy atom. The molecule has 0 aliphatic heterocycles. The molecule has 130 valence electrons. The molecule has 1 amide bonds. The molecule has 0 spiro atoms. The van der Waals surface area contributed by atoms with E-state index in [1.807, 2.05) is 7.05 Å². The van der Waals surface area contributed by atoms with Crippen molar-refractivity contribution >= 4 is 28.3 Å². The number of rotatable bonds is 9. The first-order valence-corrected chi connectivity index (χ1v) is 9.04. The topological polar surface area (TPSA) is 87.3 Å². The number of amides is 1. The highest BCUT2D eigenvalue weighted by Crippen LogP contribution is 2.28. The SMILES string of the molecule is CNCCCNC(=O)c1cccc(S(=O)(=O)NCC2CC2)c1.Cl. The van der Waals surface area contributed by atoms with E-state index in [1.165, 1.54) is 12.1 Å². The minimum atomic E-state index is -3.54. The van der Waals surface area contributed by atoms with Gasteiger partial charge in [0.25, 0.3) is 5.91 Å². The average molecular weight is 362 g/mol. The van der Waals surface area contributed by atoms with Crippen molar-refractivity contribution in [3.63, 3.8) is 0 Å². The van der Waals surface area contributed by atoms with Gasteiger partial charge in [0.15, 0.2) is 0 Å². The lowest BCUT2D eigenvalue weighted by atomic mass is 10.2. The molecule has 1 saturated carbocycles. The van der Waals surface area contributed by atoms with Crippen LogP contribution in [0, 0.1) is 5.92 Å². The molecule has 0 aromatic heterocycles. The maximum Gasteiger partial charge on any atom is 0.251 e. The van der Waals surface area contributed by atoms with Crippen LogP contribution >= 0.6 is 12.4 Å². The molecule has 0 radical (unpaired) electrons. The van der Waals surface area contributed by atoms with Gasteiger partial charge in [-0.1, -0.05) is 6.07 Å². The van der Waals surface area contributed by atoms with Gasteiger partial charge in [0.2, 0.25) is 10.0 Å². The number of nitrogens with one attached hydrogen (secondary N) is 3. The third-order valence-electron chi connectivity index (χ3n) is 3.55. The van der Waals surface area contributed by atoms with Gasteiger partial charge in [-0.3, -0.25) is 4.79 Å². The molecule has 0 unspecified atom stereocenters. The van der Waals surface area contributed by atoms with Crippen molar-refractivity contribution in [1.82, 2.24) is 15.4 Å². The van der Waals surface area contributed by atoms with E-state index in [-0.39, 0.29) is 23.2 Å². The Bertz CT molecular complexity index is 618. The van der Waals surface area contributed by atoms with Crippen molar-refractivity contribution in [3.8, 4) is 0 Å². The van der Waals surface area contributed by atoms with E-state index in [4.69, 9.17) is 0 Å². The van der Waals surface area contributed by atoms with Crippen molar-refractivity contribution in [2.75, 3.05) is 26.7 Å². The largest absolute Gasteiger partial charge is 0.352 e. The molecular formula is C15H24ClN3O3S. The van der Waals surface area contributed by atoms with Gasteiger partial charge in [0.1, 0.15) is 0 Å². The Balaban J connectivity index is 0.00000264. The molecule has 1 fully saturated rings. The molecule has 0 atom stereocenters. The molecule has 1 aliphatic carbocycles. The predicted molar refractivity (Wildman–Crippen MR) is 92.5 cm³/mol. The second kappa shape index (κ2) is 9.22. The Hall–Kier alpha value is -1.15. The molecule has 1 aromatic rings. The lowest BCUT2D eigenvalue weighted by Crippen LogP contribution is -2.28. The zero-order valence-corrected chi connectivity index (χ0v) is 14.8. The number of sulfonamides is 1. The Morgan fingerprint density at radius 3 is 2.65 bits per heavy atom. The Kier molecular flexibility index (Phi) is 7.98. The van der Waals surface area contributed by atoms with Gasteiger partial charge in [-0.15, -0.1) is 12.4 Å². The second-order valence-electron chi connectivity index (χ2n) is 5.54. The van der Waals surface area contributed by atoms with Crippen molar-refractivity contribution in [2.24, 2.45) is 5.92 Å². The normalized spacial score (nSPS) is 14.1. The highest BCUT2D eigenvalue weighted by Gasteiger charge is 2.24. The third kappa shape index (κ3) is 6.47. The van der Waals surface area contributed by atoms with Crippen molar-refractivity contribution in [1.29, 1.82) is 0 Å². The van der Waals surface area contributed by atoms with Crippen molar-refractivity contribution in [3.05, 3.63) is 29.8 Å². The number of halogens is 1. The summed E-state index contributed by atoms with van der Waals surface area (Å²) in [5.41, 5.74) is 0.360. The summed E-state index contributed by atoms with van der Waals surface area (Å²) in [6, 6.07) is 6.14. The third-order valence-corrected chi connectivity index (χ3v) is 4.98. The second-order valence-corrected chi connectivity index (χ2v) is 7.30. The standard InChI is InChI=1S/C15H23N3O3S.ClH/c1-16-8-3-9-17-15(19)13-4-2-5-14(10-13)22(20,21)18-11-12-6-7-12;/h2,4-5,10,12,16,18H,3,6-9,11H2,1H3,(H,17,19);1H. The quantitative estimate of drug-likeness (QED) is 0.575. The smallest absolute Gasteiger partial charge is 0.251 e. The number of hydrogen-bond donors (Lipinski definition) is 3. The molecule has 2 rings (SSSR count). The van der Waals surface area contributed by atoms with E-state index in [0.29, 0.717) is 24.6 Å². The van der Waals surface area contributed by atoms with Crippen molar-refractivity contribution < 1.29 is 13.2 Å².